The monoisotopic (exact) mass is 408 g/mol. The molecule has 2 aromatic rings. The summed E-state index contributed by atoms with van der Waals surface area (Å²) >= 11 is 1.53. The van der Waals surface area contributed by atoms with Crippen molar-refractivity contribution in [1.29, 1.82) is 5.26 Å². The molecule has 0 saturated heterocycles. The van der Waals surface area contributed by atoms with E-state index in [0.29, 0.717) is 30.1 Å². The minimum atomic E-state index is -0.401. The van der Waals surface area contributed by atoms with E-state index in [1.165, 1.54) is 21.8 Å². The summed E-state index contributed by atoms with van der Waals surface area (Å²) in [4.78, 5) is 27.8. The third-order valence-electron chi connectivity index (χ3n) is 5.84. The average molecular weight is 409 g/mol. The molecule has 1 aliphatic heterocycles. The fourth-order valence-corrected chi connectivity index (χ4v) is 5.56. The standard InChI is InChI=1S/C22H24N4O2S/c23-12-17-16-7-3-4-8-19(16)29-22(17)25-20(27)9-10-26-13-15-6-2-1-5-14(15)11-18(26)21(24)28/h1-2,5-6,18H,3-4,7-11,13H2,(H2,24,28)(H,25,27)/t18-/m0/s1. The maximum Gasteiger partial charge on any atom is 0.235 e. The van der Waals surface area contributed by atoms with Gasteiger partial charge in [-0.05, 0) is 48.8 Å². The van der Waals surface area contributed by atoms with Crippen LogP contribution in [0.5, 0.6) is 0 Å². The second-order valence-corrected chi connectivity index (χ2v) is 8.79. The summed E-state index contributed by atoms with van der Waals surface area (Å²) < 4.78 is 0. The van der Waals surface area contributed by atoms with Crippen LogP contribution in [0.1, 0.15) is 46.4 Å². The van der Waals surface area contributed by atoms with E-state index in [4.69, 9.17) is 5.73 Å². The number of nitrogens with zero attached hydrogens (tertiary/aromatic N) is 2. The first-order valence-corrected chi connectivity index (χ1v) is 10.8. The van der Waals surface area contributed by atoms with Crippen LogP contribution in [0.3, 0.4) is 0 Å². The maximum atomic E-state index is 12.6. The molecule has 0 fully saturated rings. The fraction of sp³-hybridized carbons (Fsp3) is 0.409. The highest BCUT2D eigenvalue weighted by molar-refractivity contribution is 7.16. The lowest BCUT2D eigenvalue weighted by atomic mass is 9.93. The minimum Gasteiger partial charge on any atom is -0.368 e. The molecular formula is C22H24N4O2S. The van der Waals surface area contributed by atoms with E-state index in [0.717, 1.165) is 36.8 Å². The molecule has 2 heterocycles. The zero-order valence-corrected chi connectivity index (χ0v) is 17.1. The predicted molar refractivity (Wildman–Crippen MR) is 112 cm³/mol. The zero-order chi connectivity index (χ0) is 20.4. The Kier molecular flexibility index (Phi) is 5.65. The Bertz CT molecular complexity index is 991. The third kappa shape index (κ3) is 4.04. The van der Waals surface area contributed by atoms with Crippen molar-refractivity contribution in [1.82, 2.24) is 4.90 Å². The number of fused-ring (bicyclic) bond motifs is 2. The highest BCUT2D eigenvalue weighted by Crippen LogP contribution is 2.37. The molecule has 7 heteroatoms. The first-order valence-electron chi connectivity index (χ1n) is 10.0. The van der Waals surface area contributed by atoms with Gasteiger partial charge in [0.15, 0.2) is 0 Å². The molecule has 0 radical (unpaired) electrons. The summed E-state index contributed by atoms with van der Waals surface area (Å²) in [6.45, 7) is 1.05. The number of carbonyl (C=O) groups excluding carboxylic acids is 2. The van der Waals surface area contributed by atoms with Crippen molar-refractivity contribution in [3.63, 3.8) is 0 Å². The van der Waals surface area contributed by atoms with Crippen LogP contribution in [0.15, 0.2) is 24.3 Å². The lowest BCUT2D eigenvalue weighted by Gasteiger charge is -2.34. The van der Waals surface area contributed by atoms with Crippen LogP contribution in [0.25, 0.3) is 0 Å². The van der Waals surface area contributed by atoms with Crippen LogP contribution < -0.4 is 11.1 Å². The topological polar surface area (TPSA) is 99.2 Å². The van der Waals surface area contributed by atoms with Crippen molar-refractivity contribution < 1.29 is 9.59 Å². The molecule has 3 N–H and O–H groups in total. The molecule has 2 aliphatic rings. The summed E-state index contributed by atoms with van der Waals surface area (Å²) in [7, 11) is 0. The maximum absolute atomic E-state index is 12.6. The Hall–Kier alpha value is -2.69. The van der Waals surface area contributed by atoms with Crippen LogP contribution in [0.2, 0.25) is 0 Å². The molecule has 1 aromatic carbocycles. The Morgan fingerprint density at radius 2 is 2.00 bits per heavy atom. The van der Waals surface area contributed by atoms with Crippen molar-refractivity contribution in [3.8, 4) is 6.07 Å². The van der Waals surface area contributed by atoms with Crippen molar-refractivity contribution in [2.24, 2.45) is 5.73 Å². The van der Waals surface area contributed by atoms with E-state index >= 15 is 0 Å². The van der Waals surface area contributed by atoms with Gasteiger partial charge in [0.25, 0.3) is 0 Å². The molecule has 0 unspecified atom stereocenters. The predicted octanol–water partition coefficient (Wildman–Crippen LogP) is 2.74. The molecule has 1 atom stereocenters. The largest absolute Gasteiger partial charge is 0.368 e. The molecule has 6 nitrogen and oxygen atoms in total. The highest BCUT2D eigenvalue weighted by Gasteiger charge is 2.30. The third-order valence-corrected chi connectivity index (χ3v) is 7.04. The van der Waals surface area contributed by atoms with Gasteiger partial charge in [0, 0.05) is 24.4 Å². The number of benzene rings is 1. The van der Waals surface area contributed by atoms with Crippen molar-refractivity contribution in [3.05, 3.63) is 51.4 Å². The van der Waals surface area contributed by atoms with Crippen LogP contribution in [-0.2, 0) is 35.4 Å². The second-order valence-electron chi connectivity index (χ2n) is 7.69. The Morgan fingerprint density at radius 1 is 1.24 bits per heavy atom. The summed E-state index contributed by atoms with van der Waals surface area (Å²) in [5.41, 5.74) is 9.67. The quantitative estimate of drug-likeness (QED) is 0.795. The van der Waals surface area contributed by atoms with Gasteiger partial charge in [-0.1, -0.05) is 24.3 Å². The summed E-state index contributed by atoms with van der Waals surface area (Å²) in [5.74, 6) is -0.500. The van der Waals surface area contributed by atoms with Crippen LogP contribution >= 0.6 is 11.3 Å². The van der Waals surface area contributed by atoms with Gasteiger partial charge in [0.2, 0.25) is 11.8 Å². The normalized spacial score (nSPS) is 18.4. The van der Waals surface area contributed by atoms with E-state index in [1.807, 2.05) is 23.1 Å². The number of hydrogen-bond donors (Lipinski definition) is 2. The zero-order valence-electron chi connectivity index (χ0n) is 16.2. The number of hydrogen-bond acceptors (Lipinski definition) is 5. The fourth-order valence-electron chi connectivity index (χ4n) is 4.30. The lowest BCUT2D eigenvalue weighted by molar-refractivity contribution is -0.125. The number of amides is 2. The van der Waals surface area contributed by atoms with Gasteiger partial charge in [-0.2, -0.15) is 5.26 Å². The molecule has 0 spiro atoms. The van der Waals surface area contributed by atoms with Gasteiger partial charge >= 0.3 is 0 Å². The number of rotatable bonds is 5. The van der Waals surface area contributed by atoms with Gasteiger partial charge in [0.1, 0.15) is 11.1 Å². The van der Waals surface area contributed by atoms with E-state index in [-0.39, 0.29) is 18.2 Å². The number of nitriles is 1. The van der Waals surface area contributed by atoms with Gasteiger partial charge in [-0.15, -0.1) is 11.3 Å². The molecule has 0 bridgehead atoms. The number of nitrogens with one attached hydrogen (secondary N) is 1. The van der Waals surface area contributed by atoms with Crippen molar-refractivity contribution in [2.75, 3.05) is 11.9 Å². The van der Waals surface area contributed by atoms with Crippen LogP contribution in [-0.4, -0.2) is 29.3 Å². The lowest BCUT2D eigenvalue weighted by Crippen LogP contribution is -2.49. The molecule has 29 heavy (non-hydrogen) atoms. The Balaban J connectivity index is 1.42. The summed E-state index contributed by atoms with van der Waals surface area (Å²) in [6.07, 6.45) is 4.95. The smallest absolute Gasteiger partial charge is 0.235 e. The number of nitrogens with two attached hydrogens (primary N) is 1. The molecule has 2 amide bonds. The Labute approximate surface area is 174 Å². The first kappa shape index (κ1) is 19.6. The van der Waals surface area contributed by atoms with Crippen LogP contribution in [0.4, 0.5) is 5.00 Å². The van der Waals surface area contributed by atoms with E-state index < -0.39 is 6.04 Å². The van der Waals surface area contributed by atoms with E-state index in [2.05, 4.69) is 17.5 Å². The number of aryl methyl sites for hydroxylation is 1. The molecule has 150 valence electrons. The van der Waals surface area contributed by atoms with Gasteiger partial charge in [0.05, 0.1) is 11.6 Å². The minimum absolute atomic E-state index is 0.137. The van der Waals surface area contributed by atoms with Crippen molar-refractivity contribution >= 4 is 28.2 Å². The number of anilines is 1. The van der Waals surface area contributed by atoms with E-state index in [9.17, 15) is 14.9 Å². The van der Waals surface area contributed by atoms with Crippen molar-refractivity contribution in [2.45, 2.75) is 51.1 Å². The molecule has 1 aliphatic carbocycles. The molecule has 0 saturated carbocycles. The molecule has 4 rings (SSSR count). The summed E-state index contributed by atoms with van der Waals surface area (Å²) in [6, 6.07) is 9.89. The van der Waals surface area contributed by atoms with Gasteiger partial charge in [-0.25, -0.2) is 0 Å². The second kappa shape index (κ2) is 8.36. The highest BCUT2D eigenvalue weighted by atomic mass is 32.1. The average Bonchev–Trinajstić information content (AvgIpc) is 3.08. The summed E-state index contributed by atoms with van der Waals surface area (Å²) in [5, 5.41) is 13.1. The number of thiophene rings is 1. The Morgan fingerprint density at radius 3 is 2.76 bits per heavy atom. The number of primary amides is 1. The first-order chi connectivity index (χ1) is 14.1. The molecule has 1 aromatic heterocycles. The van der Waals surface area contributed by atoms with Gasteiger partial charge in [-0.3, -0.25) is 14.5 Å². The van der Waals surface area contributed by atoms with E-state index in [1.54, 1.807) is 0 Å². The van der Waals surface area contributed by atoms with Crippen LogP contribution in [0, 0.1) is 11.3 Å². The molecular weight excluding hydrogens is 384 g/mol. The number of carbonyl (C=O) groups is 2. The van der Waals surface area contributed by atoms with Gasteiger partial charge < -0.3 is 11.1 Å². The SMILES string of the molecule is N#Cc1c(NC(=O)CCN2Cc3ccccc3C[C@H]2C(N)=O)sc2c1CCCC2.